The van der Waals surface area contributed by atoms with Gasteiger partial charge in [-0.05, 0) is 56.4 Å². The van der Waals surface area contributed by atoms with Gasteiger partial charge in [-0.25, -0.2) is 9.37 Å². The van der Waals surface area contributed by atoms with Crippen molar-refractivity contribution in [3.63, 3.8) is 0 Å². The number of aromatic nitrogens is 3. The molecule has 4 aromatic rings. The van der Waals surface area contributed by atoms with Crippen LogP contribution in [0.25, 0.3) is 22.3 Å². The van der Waals surface area contributed by atoms with Gasteiger partial charge in [0.15, 0.2) is 5.65 Å². The summed E-state index contributed by atoms with van der Waals surface area (Å²) in [5.41, 5.74) is 2.09. The van der Waals surface area contributed by atoms with Gasteiger partial charge in [0.05, 0.1) is 16.3 Å². The zero-order valence-electron chi connectivity index (χ0n) is 20.0. The minimum atomic E-state index is -0.529. The molecule has 1 N–H and O–H groups in total. The minimum Gasteiger partial charge on any atom is -0.409 e. The van der Waals surface area contributed by atoms with E-state index < -0.39 is 11.4 Å². The zero-order valence-corrected chi connectivity index (χ0v) is 20.8. The molecule has 0 bridgehead atoms. The number of likely N-dealkylation sites (N-methyl/N-ethyl adjacent to an activating group) is 1. The quantitative estimate of drug-likeness (QED) is 0.418. The van der Waals surface area contributed by atoms with Crippen LogP contribution in [0.15, 0.2) is 59.4 Å². The SMILES string of the molecule is CCOn1c(=O)ccc2c(-c3c(F)cccc3Cl)nc(Nc3ccc(N4CCN(C)CC4)cc3)nc21. The molecule has 0 unspecified atom stereocenters. The van der Waals surface area contributed by atoms with Crippen LogP contribution >= 0.6 is 11.6 Å². The maximum Gasteiger partial charge on any atom is 0.285 e. The molecule has 1 aliphatic rings. The average molecular weight is 509 g/mol. The molecule has 2 aromatic heterocycles. The molecule has 1 aliphatic heterocycles. The largest absolute Gasteiger partial charge is 0.409 e. The maximum absolute atomic E-state index is 14.9. The molecule has 0 amide bonds. The molecule has 3 heterocycles. The van der Waals surface area contributed by atoms with Gasteiger partial charge in [0, 0.05) is 49.0 Å². The van der Waals surface area contributed by atoms with Crippen LogP contribution in [0.3, 0.4) is 0 Å². The maximum atomic E-state index is 14.9. The lowest BCUT2D eigenvalue weighted by molar-refractivity contribution is 0.122. The number of fused-ring (bicyclic) bond motifs is 1. The van der Waals surface area contributed by atoms with E-state index in [2.05, 4.69) is 32.1 Å². The summed E-state index contributed by atoms with van der Waals surface area (Å²) in [7, 11) is 2.13. The first kappa shape index (κ1) is 24.0. The van der Waals surface area contributed by atoms with Gasteiger partial charge in [0.25, 0.3) is 5.56 Å². The second kappa shape index (κ2) is 10.1. The Morgan fingerprint density at radius 2 is 1.78 bits per heavy atom. The summed E-state index contributed by atoms with van der Waals surface area (Å²) in [6.45, 7) is 6.00. The molecule has 0 atom stereocenters. The van der Waals surface area contributed by atoms with Crippen LogP contribution in [-0.2, 0) is 0 Å². The van der Waals surface area contributed by atoms with Crippen LogP contribution in [0.4, 0.5) is 21.7 Å². The molecule has 2 aromatic carbocycles. The summed E-state index contributed by atoms with van der Waals surface area (Å²) in [4.78, 5) is 31.9. The molecule has 0 aliphatic carbocycles. The van der Waals surface area contributed by atoms with Crippen LogP contribution in [0.5, 0.6) is 0 Å². The molecule has 1 saturated heterocycles. The predicted octanol–water partition coefficient (Wildman–Crippen LogP) is 4.19. The predicted molar refractivity (Wildman–Crippen MR) is 141 cm³/mol. The molecule has 0 saturated carbocycles. The number of hydrogen-bond donors (Lipinski definition) is 1. The standard InChI is InChI=1S/C26H26ClFN6O2/c1-3-36-34-22(35)12-11-19-24(23-20(27)5-4-6-21(23)28)30-26(31-25(19)34)29-17-7-9-18(10-8-17)33-15-13-32(2)14-16-33/h4-12H,3,13-16H2,1-2H3,(H,29,30,31). The van der Waals surface area contributed by atoms with E-state index in [0.717, 1.165) is 42.3 Å². The Hall–Kier alpha value is -3.69. The van der Waals surface area contributed by atoms with Gasteiger partial charge in [-0.15, -0.1) is 4.73 Å². The smallest absolute Gasteiger partial charge is 0.285 e. The highest BCUT2D eigenvalue weighted by molar-refractivity contribution is 6.33. The second-order valence-corrected chi connectivity index (χ2v) is 8.98. The van der Waals surface area contributed by atoms with Crippen molar-refractivity contribution in [3.8, 4) is 11.3 Å². The Balaban J connectivity index is 1.57. The second-order valence-electron chi connectivity index (χ2n) is 8.58. The Bertz CT molecular complexity index is 1430. The summed E-state index contributed by atoms with van der Waals surface area (Å²) in [6, 6.07) is 15.3. The minimum absolute atomic E-state index is 0.127. The van der Waals surface area contributed by atoms with Crippen molar-refractivity contribution in [2.75, 3.05) is 50.1 Å². The molecular weight excluding hydrogens is 483 g/mol. The third kappa shape index (κ3) is 4.72. The highest BCUT2D eigenvalue weighted by atomic mass is 35.5. The summed E-state index contributed by atoms with van der Waals surface area (Å²) in [6.07, 6.45) is 0. The Morgan fingerprint density at radius 3 is 2.47 bits per heavy atom. The number of anilines is 3. The van der Waals surface area contributed by atoms with E-state index in [4.69, 9.17) is 16.4 Å². The molecule has 0 radical (unpaired) electrons. The number of pyridine rings is 1. The van der Waals surface area contributed by atoms with Crippen LogP contribution in [-0.4, -0.2) is 59.4 Å². The average Bonchev–Trinajstić information content (AvgIpc) is 2.87. The number of nitrogens with zero attached hydrogens (tertiary/aromatic N) is 5. The fourth-order valence-electron chi connectivity index (χ4n) is 4.27. The van der Waals surface area contributed by atoms with Crippen molar-refractivity contribution in [1.29, 1.82) is 0 Å². The van der Waals surface area contributed by atoms with Crippen molar-refractivity contribution in [1.82, 2.24) is 19.6 Å². The molecule has 0 spiro atoms. The number of benzene rings is 2. The fraction of sp³-hybridized carbons (Fsp3) is 0.269. The van der Waals surface area contributed by atoms with Crippen molar-refractivity contribution in [2.45, 2.75) is 6.92 Å². The first-order chi connectivity index (χ1) is 17.4. The summed E-state index contributed by atoms with van der Waals surface area (Å²) in [5, 5.41) is 3.82. The van der Waals surface area contributed by atoms with Gasteiger partial charge in [-0.2, -0.15) is 4.98 Å². The number of rotatable bonds is 6. The highest BCUT2D eigenvalue weighted by Gasteiger charge is 2.20. The molecule has 36 heavy (non-hydrogen) atoms. The van der Waals surface area contributed by atoms with Crippen LogP contribution in [0, 0.1) is 5.82 Å². The van der Waals surface area contributed by atoms with E-state index in [-0.39, 0.29) is 34.5 Å². The Kier molecular flexibility index (Phi) is 6.75. The third-order valence-corrected chi connectivity index (χ3v) is 6.48. The first-order valence-corrected chi connectivity index (χ1v) is 12.1. The van der Waals surface area contributed by atoms with Gasteiger partial charge in [0.1, 0.15) is 12.4 Å². The van der Waals surface area contributed by atoms with Gasteiger partial charge in [-0.3, -0.25) is 4.79 Å². The third-order valence-electron chi connectivity index (χ3n) is 6.16. The summed E-state index contributed by atoms with van der Waals surface area (Å²) in [5.74, 6) is -0.345. The summed E-state index contributed by atoms with van der Waals surface area (Å²) < 4.78 is 16.0. The van der Waals surface area contributed by atoms with Gasteiger partial charge in [-0.1, -0.05) is 17.7 Å². The summed E-state index contributed by atoms with van der Waals surface area (Å²) >= 11 is 6.38. The van der Waals surface area contributed by atoms with Crippen LogP contribution in [0.2, 0.25) is 5.02 Å². The molecule has 8 nitrogen and oxygen atoms in total. The Labute approximate surface area is 212 Å². The fourth-order valence-corrected chi connectivity index (χ4v) is 4.52. The normalized spacial score (nSPS) is 14.3. The zero-order chi connectivity index (χ0) is 25.2. The van der Waals surface area contributed by atoms with Gasteiger partial charge >= 0.3 is 0 Å². The lowest BCUT2D eigenvalue weighted by atomic mass is 10.1. The molecule has 10 heteroatoms. The van der Waals surface area contributed by atoms with E-state index in [0.29, 0.717) is 5.39 Å². The highest BCUT2D eigenvalue weighted by Crippen LogP contribution is 2.34. The van der Waals surface area contributed by atoms with Gasteiger partial charge < -0.3 is 20.0 Å². The van der Waals surface area contributed by atoms with Crippen molar-refractivity contribution in [3.05, 3.63) is 75.8 Å². The number of halogens is 2. The molecule has 5 rings (SSSR count). The van der Waals surface area contributed by atoms with E-state index in [1.165, 1.54) is 18.2 Å². The van der Waals surface area contributed by atoms with Crippen molar-refractivity contribution >= 4 is 40.0 Å². The van der Waals surface area contributed by atoms with Crippen molar-refractivity contribution in [2.24, 2.45) is 0 Å². The van der Waals surface area contributed by atoms with Crippen molar-refractivity contribution < 1.29 is 9.23 Å². The number of nitrogens with one attached hydrogen (secondary N) is 1. The number of piperazine rings is 1. The topological polar surface area (TPSA) is 75.5 Å². The van der Waals surface area contributed by atoms with Crippen LogP contribution < -0.4 is 20.6 Å². The van der Waals surface area contributed by atoms with E-state index in [9.17, 15) is 9.18 Å². The van der Waals surface area contributed by atoms with Crippen LogP contribution in [0.1, 0.15) is 6.92 Å². The molecule has 186 valence electrons. The lowest BCUT2D eigenvalue weighted by Gasteiger charge is -2.34. The van der Waals surface area contributed by atoms with E-state index in [1.54, 1.807) is 19.1 Å². The number of hydrogen-bond acceptors (Lipinski definition) is 7. The lowest BCUT2D eigenvalue weighted by Crippen LogP contribution is -2.44. The van der Waals surface area contributed by atoms with E-state index in [1.807, 2.05) is 24.3 Å². The van der Waals surface area contributed by atoms with E-state index >= 15 is 0 Å². The van der Waals surface area contributed by atoms with Gasteiger partial charge in [0.2, 0.25) is 5.95 Å². The molecular formula is C26H26ClFN6O2. The molecule has 1 fully saturated rings. The first-order valence-electron chi connectivity index (χ1n) is 11.8. The monoisotopic (exact) mass is 508 g/mol. The Morgan fingerprint density at radius 1 is 1.03 bits per heavy atom.